The Hall–Kier alpha value is -1.85. The first-order valence-corrected chi connectivity index (χ1v) is 7.33. The van der Waals surface area contributed by atoms with E-state index in [1.54, 1.807) is 6.07 Å². The molecular formula is C16H16BrNO3. The van der Waals surface area contributed by atoms with Crippen molar-refractivity contribution in [2.75, 3.05) is 6.54 Å². The summed E-state index contributed by atoms with van der Waals surface area (Å²) in [5.74, 6) is 0. The number of alkyl carbamates (subject to hydrolysis) is 1. The van der Waals surface area contributed by atoms with Crippen LogP contribution in [0.25, 0.3) is 0 Å². The van der Waals surface area contributed by atoms with E-state index in [2.05, 4.69) is 21.2 Å². The molecule has 1 amide bonds. The number of hydrogen-bond acceptors (Lipinski definition) is 3. The fraction of sp³-hybridized carbons (Fsp3) is 0.188. The molecule has 0 radical (unpaired) electrons. The van der Waals surface area contributed by atoms with Crippen LogP contribution in [-0.4, -0.2) is 17.7 Å². The van der Waals surface area contributed by atoms with Crippen molar-refractivity contribution in [2.24, 2.45) is 0 Å². The minimum Gasteiger partial charge on any atom is -0.445 e. The molecule has 2 aromatic rings. The molecule has 2 N–H and O–H groups in total. The summed E-state index contributed by atoms with van der Waals surface area (Å²) >= 11 is 3.36. The van der Waals surface area contributed by atoms with Gasteiger partial charge in [0, 0.05) is 4.47 Å². The summed E-state index contributed by atoms with van der Waals surface area (Å²) in [6.45, 7) is 0.300. The Labute approximate surface area is 131 Å². The van der Waals surface area contributed by atoms with E-state index in [-0.39, 0.29) is 13.2 Å². The highest BCUT2D eigenvalue weighted by Gasteiger charge is 2.12. The molecule has 0 unspecified atom stereocenters. The van der Waals surface area contributed by atoms with Crippen LogP contribution >= 0.6 is 15.9 Å². The number of nitrogens with one attached hydrogen (secondary N) is 1. The molecule has 0 aliphatic rings. The van der Waals surface area contributed by atoms with E-state index in [1.165, 1.54) is 0 Å². The maximum atomic E-state index is 11.6. The maximum Gasteiger partial charge on any atom is 0.407 e. The number of aliphatic hydroxyl groups excluding tert-OH is 1. The molecule has 0 spiro atoms. The summed E-state index contributed by atoms with van der Waals surface area (Å²) in [5, 5.41) is 12.6. The van der Waals surface area contributed by atoms with Crippen molar-refractivity contribution in [1.82, 2.24) is 5.32 Å². The van der Waals surface area contributed by atoms with Gasteiger partial charge in [0.05, 0.1) is 12.6 Å². The summed E-state index contributed by atoms with van der Waals surface area (Å²) in [4.78, 5) is 11.6. The van der Waals surface area contributed by atoms with Crippen molar-refractivity contribution in [3.63, 3.8) is 0 Å². The lowest BCUT2D eigenvalue weighted by molar-refractivity contribution is 0.126. The molecule has 0 saturated carbocycles. The topological polar surface area (TPSA) is 58.6 Å². The van der Waals surface area contributed by atoms with E-state index in [1.807, 2.05) is 48.5 Å². The Bertz CT molecular complexity index is 589. The van der Waals surface area contributed by atoms with Gasteiger partial charge in [0.1, 0.15) is 6.61 Å². The largest absolute Gasteiger partial charge is 0.445 e. The second kappa shape index (κ2) is 7.81. The number of halogens is 1. The SMILES string of the molecule is O=C(NC[C@H](O)c1ccccc1Br)OCc1ccccc1. The van der Waals surface area contributed by atoms with Crippen LogP contribution in [0.4, 0.5) is 4.79 Å². The van der Waals surface area contributed by atoms with E-state index in [9.17, 15) is 9.90 Å². The number of carbonyl (C=O) groups is 1. The van der Waals surface area contributed by atoms with Gasteiger partial charge in [-0.1, -0.05) is 64.5 Å². The zero-order valence-electron chi connectivity index (χ0n) is 11.3. The average Bonchev–Trinajstić information content (AvgIpc) is 2.52. The first kappa shape index (κ1) is 15.5. The molecule has 4 nitrogen and oxygen atoms in total. The Morgan fingerprint density at radius 1 is 1.14 bits per heavy atom. The molecule has 0 heterocycles. The van der Waals surface area contributed by atoms with Gasteiger partial charge >= 0.3 is 6.09 Å². The highest BCUT2D eigenvalue weighted by atomic mass is 79.9. The number of benzene rings is 2. The lowest BCUT2D eigenvalue weighted by atomic mass is 10.1. The van der Waals surface area contributed by atoms with Crippen molar-refractivity contribution in [2.45, 2.75) is 12.7 Å². The smallest absolute Gasteiger partial charge is 0.407 e. The second-order valence-electron chi connectivity index (χ2n) is 4.48. The Balaban J connectivity index is 1.77. The average molecular weight is 350 g/mol. The summed E-state index contributed by atoms with van der Waals surface area (Å²) in [6.07, 6.45) is -1.34. The highest BCUT2D eigenvalue weighted by molar-refractivity contribution is 9.10. The van der Waals surface area contributed by atoms with Crippen LogP contribution in [0.15, 0.2) is 59.1 Å². The third kappa shape index (κ3) is 4.88. The molecule has 1 atom stereocenters. The summed E-state index contributed by atoms with van der Waals surface area (Å²) in [6, 6.07) is 16.8. The van der Waals surface area contributed by atoms with Crippen LogP contribution < -0.4 is 5.32 Å². The molecule has 2 rings (SSSR count). The van der Waals surface area contributed by atoms with Gasteiger partial charge in [0.15, 0.2) is 0 Å². The van der Waals surface area contributed by atoms with Crippen molar-refractivity contribution in [3.05, 3.63) is 70.2 Å². The molecule has 21 heavy (non-hydrogen) atoms. The fourth-order valence-electron chi connectivity index (χ4n) is 1.81. The van der Waals surface area contributed by atoms with Crippen LogP contribution in [0, 0.1) is 0 Å². The Morgan fingerprint density at radius 2 is 1.81 bits per heavy atom. The highest BCUT2D eigenvalue weighted by Crippen LogP contribution is 2.22. The number of carbonyl (C=O) groups excluding carboxylic acids is 1. The Morgan fingerprint density at radius 3 is 2.52 bits per heavy atom. The van der Waals surface area contributed by atoms with Gasteiger partial charge in [0.25, 0.3) is 0 Å². The number of amides is 1. The first-order valence-electron chi connectivity index (χ1n) is 6.54. The Kier molecular flexibility index (Phi) is 5.78. The predicted octanol–water partition coefficient (Wildman–Crippen LogP) is 3.41. The number of ether oxygens (including phenoxy) is 1. The van der Waals surface area contributed by atoms with Crippen LogP contribution in [0.5, 0.6) is 0 Å². The molecule has 0 fully saturated rings. The summed E-state index contributed by atoms with van der Waals surface area (Å²) in [7, 11) is 0. The normalized spacial score (nSPS) is 11.7. The molecule has 2 aromatic carbocycles. The van der Waals surface area contributed by atoms with Crippen LogP contribution in [0.3, 0.4) is 0 Å². The van der Waals surface area contributed by atoms with Gasteiger partial charge in [-0.3, -0.25) is 0 Å². The lowest BCUT2D eigenvalue weighted by Crippen LogP contribution is -2.29. The van der Waals surface area contributed by atoms with E-state index >= 15 is 0 Å². The van der Waals surface area contributed by atoms with Crippen molar-refractivity contribution in [3.8, 4) is 0 Å². The zero-order valence-corrected chi connectivity index (χ0v) is 12.9. The first-order chi connectivity index (χ1) is 10.2. The molecule has 0 aliphatic carbocycles. The van der Waals surface area contributed by atoms with E-state index < -0.39 is 12.2 Å². The zero-order chi connectivity index (χ0) is 15.1. The third-order valence-electron chi connectivity index (χ3n) is 2.92. The quantitative estimate of drug-likeness (QED) is 0.869. The monoisotopic (exact) mass is 349 g/mol. The van der Waals surface area contributed by atoms with Crippen LogP contribution in [0.1, 0.15) is 17.2 Å². The van der Waals surface area contributed by atoms with E-state index in [0.717, 1.165) is 15.6 Å². The molecule has 110 valence electrons. The second-order valence-corrected chi connectivity index (χ2v) is 5.33. The maximum absolute atomic E-state index is 11.6. The summed E-state index contributed by atoms with van der Waals surface area (Å²) < 4.78 is 5.87. The van der Waals surface area contributed by atoms with E-state index in [0.29, 0.717) is 0 Å². The summed E-state index contributed by atoms with van der Waals surface area (Å²) in [5.41, 5.74) is 1.64. The number of aliphatic hydroxyl groups is 1. The molecule has 0 aliphatic heterocycles. The fourth-order valence-corrected chi connectivity index (χ4v) is 2.36. The molecule has 5 heteroatoms. The predicted molar refractivity (Wildman–Crippen MR) is 83.7 cm³/mol. The molecule has 0 saturated heterocycles. The van der Waals surface area contributed by atoms with Gasteiger partial charge in [-0.15, -0.1) is 0 Å². The van der Waals surface area contributed by atoms with Crippen molar-refractivity contribution < 1.29 is 14.6 Å². The third-order valence-corrected chi connectivity index (χ3v) is 3.64. The molecule has 0 aromatic heterocycles. The van der Waals surface area contributed by atoms with Gasteiger partial charge in [-0.2, -0.15) is 0 Å². The van der Waals surface area contributed by atoms with Gasteiger partial charge in [-0.25, -0.2) is 4.79 Å². The molecular weight excluding hydrogens is 334 g/mol. The van der Waals surface area contributed by atoms with E-state index in [4.69, 9.17) is 4.74 Å². The van der Waals surface area contributed by atoms with Crippen LogP contribution in [-0.2, 0) is 11.3 Å². The number of hydrogen-bond donors (Lipinski definition) is 2. The van der Waals surface area contributed by atoms with Crippen molar-refractivity contribution in [1.29, 1.82) is 0 Å². The minimum absolute atomic E-state index is 0.0935. The molecule has 0 bridgehead atoms. The lowest BCUT2D eigenvalue weighted by Gasteiger charge is -2.13. The van der Waals surface area contributed by atoms with Gasteiger partial charge in [-0.05, 0) is 17.2 Å². The van der Waals surface area contributed by atoms with Crippen molar-refractivity contribution >= 4 is 22.0 Å². The minimum atomic E-state index is -0.787. The number of rotatable bonds is 5. The van der Waals surface area contributed by atoms with Gasteiger partial charge < -0.3 is 15.2 Å². The van der Waals surface area contributed by atoms with Gasteiger partial charge in [0.2, 0.25) is 0 Å². The van der Waals surface area contributed by atoms with Crippen LogP contribution in [0.2, 0.25) is 0 Å². The standard InChI is InChI=1S/C16H16BrNO3/c17-14-9-5-4-8-13(14)15(19)10-18-16(20)21-11-12-6-2-1-3-7-12/h1-9,15,19H,10-11H2,(H,18,20)/t15-/m0/s1.